The molecule has 0 spiro atoms. The third kappa shape index (κ3) is 4.75. The molecule has 0 aliphatic heterocycles. The smallest absolute Gasteiger partial charge is 0.407 e. The third-order valence-corrected chi connectivity index (χ3v) is 3.11. The average molecular weight is 251 g/mol. The summed E-state index contributed by atoms with van der Waals surface area (Å²) in [7, 11) is 0. The molecule has 1 atom stereocenters. The minimum absolute atomic E-state index is 0.0441. The molecule has 1 amide bonds. The van der Waals surface area contributed by atoms with Gasteiger partial charge in [0.05, 0.1) is 6.61 Å². The van der Waals surface area contributed by atoms with Crippen molar-refractivity contribution < 1.29 is 14.6 Å². The lowest BCUT2D eigenvalue weighted by Gasteiger charge is -2.25. The standard InChI is InChI=1S/C14H21NO3/c1-3-14(2,11-16)10-15-13(17)18-9-12-7-5-4-6-8-12/h4-8,16H,3,9-11H2,1-2H3,(H,15,17). The molecule has 0 aliphatic rings. The lowest BCUT2D eigenvalue weighted by Crippen LogP contribution is -2.37. The first kappa shape index (κ1) is 14.5. The summed E-state index contributed by atoms with van der Waals surface area (Å²) in [6, 6.07) is 9.51. The fourth-order valence-electron chi connectivity index (χ4n) is 1.35. The van der Waals surface area contributed by atoms with Gasteiger partial charge < -0.3 is 15.2 Å². The van der Waals surface area contributed by atoms with E-state index in [0.717, 1.165) is 12.0 Å². The SMILES string of the molecule is CCC(C)(CO)CNC(=O)OCc1ccccc1. The Morgan fingerprint density at radius 1 is 1.39 bits per heavy atom. The van der Waals surface area contributed by atoms with Crippen molar-refractivity contribution in [2.24, 2.45) is 5.41 Å². The largest absolute Gasteiger partial charge is 0.445 e. The van der Waals surface area contributed by atoms with Crippen molar-refractivity contribution >= 4 is 6.09 Å². The Morgan fingerprint density at radius 2 is 2.06 bits per heavy atom. The van der Waals surface area contributed by atoms with Gasteiger partial charge in [0, 0.05) is 12.0 Å². The van der Waals surface area contributed by atoms with E-state index in [4.69, 9.17) is 4.74 Å². The molecule has 4 heteroatoms. The predicted molar refractivity (Wildman–Crippen MR) is 70.1 cm³/mol. The van der Waals surface area contributed by atoms with E-state index in [1.54, 1.807) is 0 Å². The first-order valence-corrected chi connectivity index (χ1v) is 6.15. The van der Waals surface area contributed by atoms with Crippen molar-refractivity contribution in [2.75, 3.05) is 13.2 Å². The van der Waals surface area contributed by atoms with Gasteiger partial charge in [-0.3, -0.25) is 0 Å². The number of carbonyl (C=O) groups is 1. The summed E-state index contributed by atoms with van der Waals surface area (Å²) >= 11 is 0. The quantitative estimate of drug-likeness (QED) is 0.815. The van der Waals surface area contributed by atoms with Crippen LogP contribution < -0.4 is 5.32 Å². The Bertz CT molecular complexity index is 361. The van der Waals surface area contributed by atoms with Crippen LogP contribution in [0, 0.1) is 5.41 Å². The highest BCUT2D eigenvalue weighted by atomic mass is 16.5. The molecule has 1 aromatic carbocycles. The molecule has 0 bridgehead atoms. The van der Waals surface area contributed by atoms with Crippen molar-refractivity contribution in [3.63, 3.8) is 0 Å². The Hall–Kier alpha value is -1.55. The number of rotatable bonds is 6. The van der Waals surface area contributed by atoms with Crippen molar-refractivity contribution in [1.82, 2.24) is 5.32 Å². The highest BCUT2D eigenvalue weighted by Gasteiger charge is 2.21. The number of hydrogen-bond acceptors (Lipinski definition) is 3. The molecular weight excluding hydrogens is 230 g/mol. The van der Waals surface area contributed by atoms with Crippen LogP contribution in [-0.4, -0.2) is 24.4 Å². The molecule has 4 nitrogen and oxygen atoms in total. The van der Waals surface area contributed by atoms with Gasteiger partial charge in [0.1, 0.15) is 6.61 Å². The summed E-state index contributed by atoms with van der Waals surface area (Å²) in [5.74, 6) is 0. The van der Waals surface area contributed by atoms with E-state index >= 15 is 0 Å². The number of ether oxygens (including phenoxy) is 1. The Morgan fingerprint density at radius 3 is 2.61 bits per heavy atom. The third-order valence-electron chi connectivity index (χ3n) is 3.11. The van der Waals surface area contributed by atoms with E-state index in [2.05, 4.69) is 5.32 Å². The lowest BCUT2D eigenvalue weighted by atomic mass is 9.89. The number of aliphatic hydroxyl groups excluding tert-OH is 1. The maximum absolute atomic E-state index is 11.5. The maximum atomic E-state index is 11.5. The van der Waals surface area contributed by atoms with Gasteiger partial charge in [-0.1, -0.05) is 44.2 Å². The van der Waals surface area contributed by atoms with Gasteiger partial charge in [0.25, 0.3) is 0 Å². The minimum Gasteiger partial charge on any atom is -0.445 e. The molecule has 2 N–H and O–H groups in total. The summed E-state index contributed by atoms with van der Waals surface area (Å²) in [6.07, 6.45) is 0.342. The molecule has 1 aromatic rings. The predicted octanol–water partition coefficient (Wildman–Crippen LogP) is 2.32. The minimum atomic E-state index is -0.452. The molecule has 0 fully saturated rings. The van der Waals surface area contributed by atoms with Crippen LogP contribution >= 0.6 is 0 Å². The lowest BCUT2D eigenvalue weighted by molar-refractivity contribution is 0.113. The molecule has 0 aromatic heterocycles. The topological polar surface area (TPSA) is 58.6 Å². The molecule has 0 radical (unpaired) electrons. The van der Waals surface area contributed by atoms with E-state index in [-0.39, 0.29) is 18.6 Å². The number of benzene rings is 1. The summed E-state index contributed by atoms with van der Waals surface area (Å²) < 4.78 is 5.08. The van der Waals surface area contributed by atoms with Gasteiger partial charge in [-0.15, -0.1) is 0 Å². The van der Waals surface area contributed by atoms with Gasteiger partial charge >= 0.3 is 6.09 Å². The summed E-state index contributed by atoms with van der Waals surface area (Å²) in [5, 5.41) is 11.9. The first-order chi connectivity index (χ1) is 8.59. The van der Waals surface area contributed by atoms with E-state index in [1.165, 1.54) is 0 Å². The van der Waals surface area contributed by atoms with Crippen molar-refractivity contribution in [3.8, 4) is 0 Å². The molecule has 1 unspecified atom stereocenters. The van der Waals surface area contributed by atoms with Crippen LogP contribution in [0.4, 0.5) is 4.79 Å². The second-order valence-corrected chi connectivity index (χ2v) is 4.74. The van der Waals surface area contributed by atoms with Gasteiger partial charge in [-0.2, -0.15) is 0 Å². The average Bonchev–Trinajstić information content (AvgIpc) is 2.43. The van der Waals surface area contributed by atoms with E-state index in [1.807, 2.05) is 44.2 Å². The maximum Gasteiger partial charge on any atom is 0.407 e. The highest BCUT2D eigenvalue weighted by molar-refractivity contribution is 5.67. The highest BCUT2D eigenvalue weighted by Crippen LogP contribution is 2.18. The van der Waals surface area contributed by atoms with Gasteiger partial charge in [-0.25, -0.2) is 4.79 Å². The van der Waals surface area contributed by atoms with E-state index in [0.29, 0.717) is 6.54 Å². The second-order valence-electron chi connectivity index (χ2n) is 4.74. The molecule has 0 saturated carbocycles. The molecule has 100 valence electrons. The zero-order valence-electron chi connectivity index (χ0n) is 11.0. The molecule has 18 heavy (non-hydrogen) atoms. The number of hydrogen-bond donors (Lipinski definition) is 2. The van der Waals surface area contributed by atoms with Crippen LogP contribution in [0.15, 0.2) is 30.3 Å². The number of nitrogens with one attached hydrogen (secondary N) is 1. The summed E-state index contributed by atoms with van der Waals surface area (Å²) in [6.45, 7) is 4.61. The number of carbonyl (C=O) groups excluding carboxylic acids is 1. The number of aliphatic hydroxyl groups is 1. The van der Waals surface area contributed by atoms with Crippen LogP contribution in [0.3, 0.4) is 0 Å². The zero-order valence-corrected chi connectivity index (χ0v) is 11.0. The van der Waals surface area contributed by atoms with Crippen molar-refractivity contribution in [3.05, 3.63) is 35.9 Å². The molecule has 0 heterocycles. The monoisotopic (exact) mass is 251 g/mol. The van der Waals surface area contributed by atoms with Gasteiger partial charge in [0.15, 0.2) is 0 Å². The van der Waals surface area contributed by atoms with Crippen LogP contribution in [-0.2, 0) is 11.3 Å². The zero-order chi connectivity index (χ0) is 13.4. The number of alkyl carbamates (subject to hydrolysis) is 1. The second kappa shape index (κ2) is 7.01. The van der Waals surface area contributed by atoms with Gasteiger partial charge in [-0.05, 0) is 12.0 Å². The van der Waals surface area contributed by atoms with Crippen LogP contribution in [0.1, 0.15) is 25.8 Å². The van der Waals surface area contributed by atoms with Crippen LogP contribution in [0.2, 0.25) is 0 Å². The Balaban J connectivity index is 2.30. The Labute approximate surface area is 108 Å². The molecule has 0 aliphatic carbocycles. The van der Waals surface area contributed by atoms with Crippen LogP contribution in [0.5, 0.6) is 0 Å². The molecule has 1 rings (SSSR count). The first-order valence-electron chi connectivity index (χ1n) is 6.15. The van der Waals surface area contributed by atoms with Gasteiger partial charge in [0.2, 0.25) is 0 Å². The van der Waals surface area contributed by atoms with E-state index in [9.17, 15) is 9.90 Å². The van der Waals surface area contributed by atoms with E-state index < -0.39 is 6.09 Å². The van der Waals surface area contributed by atoms with Crippen molar-refractivity contribution in [2.45, 2.75) is 26.9 Å². The van der Waals surface area contributed by atoms with Crippen molar-refractivity contribution in [1.29, 1.82) is 0 Å². The molecular formula is C14H21NO3. The van der Waals surface area contributed by atoms with Crippen LogP contribution in [0.25, 0.3) is 0 Å². The molecule has 0 saturated heterocycles. The normalized spacial score (nSPS) is 13.7. The fourth-order valence-corrected chi connectivity index (χ4v) is 1.35. The Kier molecular flexibility index (Phi) is 5.65. The fraction of sp³-hybridized carbons (Fsp3) is 0.500. The summed E-state index contributed by atoms with van der Waals surface area (Å²) in [4.78, 5) is 11.5. The number of amides is 1. The summed E-state index contributed by atoms with van der Waals surface area (Å²) in [5.41, 5.74) is 0.666.